The Kier molecular flexibility index (Phi) is 2.91. The van der Waals surface area contributed by atoms with Crippen molar-refractivity contribution in [1.82, 2.24) is 5.32 Å². The smallest absolute Gasteiger partial charge is 0.0805 e. The normalized spacial score (nSPS) is 25.2. The minimum Gasteiger partial charge on any atom is -0.296 e. The average Bonchev–Trinajstić information content (AvgIpc) is 2.47. The molecule has 0 radical (unpaired) electrons. The van der Waals surface area contributed by atoms with Crippen molar-refractivity contribution in [2.45, 2.75) is 24.8 Å². The summed E-state index contributed by atoms with van der Waals surface area (Å²) < 4.78 is 1.20. The highest BCUT2D eigenvalue weighted by atomic mass is 79.9. The summed E-state index contributed by atoms with van der Waals surface area (Å²) in [4.78, 5) is 0. The maximum atomic E-state index is 3.62. The lowest BCUT2D eigenvalue weighted by Gasteiger charge is -2.19. The highest BCUT2D eigenvalue weighted by molar-refractivity contribution is 9.10. The van der Waals surface area contributed by atoms with Gasteiger partial charge in [-0.15, -0.1) is 11.8 Å². The molecule has 0 aromatic heterocycles. The number of thioether (sulfide) groups is 1. The Labute approximate surface area is 97.8 Å². The van der Waals surface area contributed by atoms with Gasteiger partial charge in [0.1, 0.15) is 0 Å². The van der Waals surface area contributed by atoms with Gasteiger partial charge < -0.3 is 0 Å². The van der Waals surface area contributed by atoms with E-state index < -0.39 is 0 Å². The van der Waals surface area contributed by atoms with Crippen LogP contribution in [0.5, 0.6) is 0 Å². The molecule has 0 bridgehead atoms. The lowest BCUT2D eigenvalue weighted by Crippen LogP contribution is -2.35. The van der Waals surface area contributed by atoms with Gasteiger partial charge >= 0.3 is 0 Å². The maximum Gasteiger partial charge on any atom is 0.0805 e. The number of hydrogen-bond acceptors (Lipinski definition) is 2. The molecule has 1 aliphatic rings. The van der Waals surface area contributed by atoms with Gasteiger partial charge in [-0.05, 0) is 25.5 Å². The zero-order chi connectivity index (χ0) is 10.2. The van der Waals surface area contributed by atoms with E-state index in [1.807, 2.05) is 11.8 Å². The summed E-state index contributed by atoms with van der Waals surface area (Å²) in [7, 11) is 0. The first-order valence-corrected chi connectivity index (χ1v) is 6.56. The molecule has 1 unspecified atom stereocenters. The van der Waals surface area contributed by atoms with Crippen molar-refractivity contribution < 1.29 is 0 Å². The van der Waals surface area contributed by atoms with Crippen LogP contribution in [0.2, 0.25) is 0 Å². The lowest BCUT2D eigenvalue weighted by atomic mass is 10.1. The molecule has 1 heterocycles. The van der Waals surface area contributed by atoms with Gasteiger partial charge in [0.15, 0.2) is 0 Å². The molecule has 1 aromatic carbocycles. The van der Waals surface area contributed by atoms with Gasteiger partial charge in [0.25, 0.3) is 0 Å². The standard InChI is InChI=1S/C11H14BrNS/c1-11(2)7-14-10(13-11)8-5-3-4-6-9(8)12/h3-6,10,13H,7H2,1-2H3. The highest BCUT2D eigenvalue weighted by Gasteiger charge is 2.31. The van der Waals surface area contributed by atoms with Crippen LogP contribution in [0.1, 0.15) is 24.8 Å². The van der Waals surface area contributed by atoms with Gasteiger partial charge in [-0.1, -0.05) is 34.1 Å². The zero-order valence-corrected chi connectivity index (χ0v) is 10.8. The van der Waals surface area contributed by atoms with E-state index in [0.29, 0.717) is 5.37 Å². The fourth-order valence-electron chi connectivity index (χ4n) is 1.59. The van der Waals surface area contributed by atoms with E-state index in [0.717, 1.165) is 0 Å². The summed E-state index contributed by atoms with van der Waals surface area (Å²) >= 11 is 5.57. The SMILES string of the molecule is CC1(C)CSC(c2ccccc2Br)N1. The molecule has 1 saturated heterocycles. The minimum absolute atomic E-state index is 0.255. The largest absolute Gasteiger partial charge is 0.296 e. The van der Waals surface area contributed by atoms with Crippen molar-refractivity contribution in [2.75, 3.05) is 5.75 Å². The van der Waals surface area contributed by atoms with Crippen LogP contribution in [0.15, 0.2) is 28.7 Å². The summed E-state index contributed by atoms with van der Waals surface area (Å²) in [5.41, 5.74) is 1.60. The van der Waals surface area contributed by atoms with Crippen molar-refractivity contribution in [1.29, 1.82) is 0 Å². The Balaban J connectivity index is 2.22. The first kappa shape index (κ1) is 10.5. The van der Waals surface area contributed by atoms with Gasteiger partial charge in [-0.2, -0.15) is 0 Å². The zero-order valence-electron chi connectivity index (χ0n) is 8.38. The van der Waals surface area contributed by atoms with E-state index >= 15 is 0 Å². The molecule has 1 fully saturated rings. The average molecular weight is 272 g/mol. The van der Waals surface area contributed by atoms with Crippen LogP contribution in [0.25, 0.3) is 0 Å². The summed E-state index contributed by atoms with van der Waals surface area (Å²) in [6, 6.07) is 8.42. The number of rotatable bonds is 1. The molecular formula is C11H14BrNS. The monoisotopic (exact) mass is 271 g/mol. The molecule has 1 N–H and O–H groups in total. The molecule has 1 nitrogen and oxygen atoms in total. The number of hydrogen-bond donors (Lipinski definition) is 1. The van der Waals surface area contributed by atoms with Gasteiger partial charge in [-0.3, -0.25) is 5.32 Å². The first-order chi connectivity index (χ1) is 6.58. The quantitative estimate of drug-likeness (QED) is 0.839. The Hall–Kier alpha value is 0.01000. The van der Waals surface area contributed by atoms with Gasteiger partial charge in [0, 0.05) is 15.8 Å². The molecule has 76 valence electrons. The van der Waals surface area contributed by atoms with Crippen LogP contribution in [-0.2, 0) is 0 Å². The molecule has 1 aromatic rings. The molecule has 1 aliphatic heterocycles. The number of benzene rings is 1. The van der Waals surface area contributed by atoms with Crippen molar-refractivity contribution >= 4 is 27.7 Å². The maximum absolute atomic E-state index is 3.62. The Morgan fingerprint density at radius 3 is 2.71 bits per heavy atom. The third-order valence-electron chi connectivity index (χ3n) is 2.32. The second-order valence-electron chi connectivity index (χ2n) is 4.24. The predicted octanol–water partition coefficient (Wildman–Crippen LogP) is 3.56. The van der Waals surface area contributed by atoms with Crippen LogP contribution < -0.4 is 5.32 Å². The molecule has 0 amide bonds. The van der Waals surface area contributed by atoms with Crippen LogP contribution in [0.3, 0.4) is 0 Å². The van der Waals surface area contributed by atoms with E-state index in [1.165, 1.54) is 15.8 Å². The molecule has 0 aliphatic carbocycles. The molecule has 0 spiro atoms. The van der Waals surface area contributed by atoms with Crippen molar-refractivity contribution in [3.63, 3.8) is 0 Å². The van der Waals surface area contributed by atoms with E-state index in [1.54, 1.807) is 0 Å². The second-order valence-corrected chi connectivity index (χ2v) is 6.19. The fourth-order valence-corrected chi connectivity index (χ4v) is 3.70. The second kappa shape index (κ2) is 3.87. The molecule has 3 heteroatoms. The number of nitrogens with one attached hydrogen (secondary N) is 1. The van der Waals surface area contributed by atoms with Gasteiger partial charge in [0.05, 0.1) is 5.37 Å². The van der Waals surface area contributed by atoms with Crippen LogP contribution >= 0.6 is 27.7 Å². The number of halogens is 1. The predicted molar refractivity (Wildman–Crippen MR) is 66.6 cm³/mol. The molecule has 2 rings (SSSR count). The van der Waals surface area contributed by atoms with Crippen LogP contribution in [0, 0.1) is 0 Å². The highest BCUT2D eigenvalue weighted by Crippen LogP contribution is 2.39. The van der Waals surface area contributed by atoms with Crippen molar-refractivity contribution in [2.24, 2.45) is 0 Å². The van der Waals surface area contributed by atoms with E-state index in [2.05, 4.69) is 59.4 Å². The summed E-state index contributed by atoms with van der Waals surface area (Å²) in [6.45, 7) is 4.49. The Bertz CT molecular complexity index is 338. The van der Waals surface area contributed by atoms with Crippen LogP contribution in [-0.4, -0.2) is 11.3 Å². The lowest BCUT2D eigenvalue weighted by molar-refractivity contribution is 0.451. The van der Waals surface area contributed by atoms with E-state index in [-0.39, 0.29) is 5.54 Å². The molecule has 14 heavy (non-hydrogen) atoms. The Morgan fingerprint density at radius 2 is 2.14 bits per heavy atom. The third-order valence-corrected chi connectivity index (χ3v) is 4.64. The summed E-state index contributed by atoms with van der Waals surface area (Å²) in [6.07, 6.45) is 0. The van der Waals surface area contributed by atoms with E-state index in [9.17, 15) is 0 Å². The minimum atomic E-state index is 0.255. The topological polar surface area (TPSA) is 12.0 Å². The summed E-state index contributed by atoms with van der Waals surface area (Å²) in [5, 5.41) is 4.05. The fraction of sp³-hybridized carbons (Fsp3) is 0.455. The molecular weight excluding hydrogens is 258 g/mol. The van der Waals surface area contributed by atoms with Crippen LogP contribution in [0.4, 0.5) is 0 Å². The van der Waals surface area contributed by atoms with Gasteiger partial charge in [0.2, 0.25) is 0 Å². The first-order valence-electron chi connectivity index (χ1n) is 4.72. The third kappa shape index (κ3) is 2.15. The van der Waals surface area contributed by atoms with E-state index in [4.69, 9.17) is 0 Å². The Morgan fingerprint density at radius 1 is 1.43 bits per heavy atom. The van der Waals surface area contributed by atoms with Crippen molar-refractivity contribution in [3.8, 4) is 0 Å². The molecule has 1 atom stereocenters. The molecule has 0 saturated carbocycles. The van der Waals surface area contributed by atoms with Crippen molar-refractivity contribution in [3.05, 3.63) is 34.3 Å². The van der Waals surface area contributed by atoms with Gasteiger partial charge in [-0.25, -0.2) is 0 Å². The summed E-state index contributed by atoms with van der Waals surface area (Å²) in [5.74, 6) is 1.17.